The van der Waals surface area contributed by atoms with Crippen LogP contribution in [0.3, 0.4) is 0 Å². The van der Waals surface area contributed by atoms with Crippen molar-refractivity contribution in [3.63, 3.8) is 0 Å². The van der Waals surface area contributed by atoms with Gasteiger partial charge < -0.3 is 15.2 Å². The van der Waals surface area contributed by atoms with Gasteiger partial charge in [-0.15, -0.1) is 0 Å². The zero-order valence-corrected chi connectivity index (χ0v) is 12.7. The third kappa shape index (κ3) is 5.05. The first-order valence-electron chi connectivity index (χ1n) is 7.86. The van der Waals surface area contributed by atoms with Gasteiger partial charge in [0.2, 0.25) is 0 Å². The standard InChI is InChI=1S/C17H25NO3/c1-13(14-5-3-2-4-6-14)18-11-12-21-16-9-7-15(8-10-16)17(19)20/h7-10,13-14,18H,2-6,11-12H2,1H3,(H,19,20)/t13-/m1/s1. The van der Waals surface area contributed by atoms with E-state index in [1.807, 2.05) is 0 Å². The molecule has 0 heterocycles. The van der Waals surface area contributed by atoms with Gasteiger partial charge in [0.25, 0.3) is 0 Å². The Hall–Kier alpha value is -1.55. The largest absolute Gasteiger partial charge is 0.492 e. The Kier molecular flexibility index (Phi) is 6.05. The lowest BCUT2D eigenvalue weighted by molar-refractivity contribution is 0.0697. The Morgan fingerprint density at radius 1 is 1.29 bits per heavy atom. The minimum Gasteiger partial charge on any atom is -0.492 e. The van der Waals surface area contributed by atoms with E-state index in [4.69, 9.17) is 9.84 Å². The van der Waals surface area contributed by atoms with Crippen LogP contribution in [0, 0.1) is 5.92 Å². The van der Waals surface area contributed by atoms with Crippen LogP contribution in [0.15, 0.2) is 24.3 Å². The molecule has 1 atom stereocenters. The summed E-state index contributed by atoms with van der Waals surface area (Å²) in [6, 6.07) is 7.08. The van der Waals surface area contributed by atoms with Gasteiger partial charge in [-0.1, -0.05) is 19.3 Å². The van der Waals surface area contributed by atoms with Crippen molar-refractivity contribution in [1.82, 2.24) is 5.32 Å². The zero-order valence-electron chi connectivity index (χ0n) is 12.7. The highest BCUT2D eigenvalue weighted by atomic mass is 16.5. The second-order valence-electron chi connectivity index (χ2n) is 5.82. The number of carboxylic acid groups (broad SMARTS) is 1. The van der Waals surface area contributed by atoms with E-state index >= 15 is 0 Å². The van der Waals surface area contributed by atoms with Crippen LogP contribution in [-0.4, -0.2) is 30.3 Å². The summed E-state index contributed by atoms with van der Waals surface area (Å²) in [7, 11) is 0. The lowest BCUT2D eigenvalue weighted by Crippen LogP contribution is -2.37. The lowest BCUT2D eigenvalue weighted by Gasteiger charge is -2.28. The van der Waals surface area contributed by atoms with Gasteiger partial charge >= 0.3 is 5.97 Å². The topological polar surface area (TPSA) is 58.6 Å². The van der Waals surface area contributed by atoms with Gasteiger partial charge in [-0.25, -0.2) is 4.79 Å². The molecule has 1 aromatic rings. The molecule has 1 aliphatic rings. The van der Waals surface area contributed by atoms with E-state index in [1.54, 1.807) is 24.3 Å². The smallest absolute Gasteiger partial charge is 0.335 e. The van der Waals surface area contributed by atoms with Crippen molar-refractivity contribution in [1.29, 1.82) is 0 Å². The van der Waals surface area contributed by atoms with Crippen LogP contribution in [0.5, 0.6) is 5.75 Å². The van der Waals surface area contributed by atoms with Gasteiger partial charge in [0, 0.05) is 12.6 Å². The summed E-state index contributed by atoms with van der Waals surface area (Å²) in [6.45, 7) is 3.68. The minimum absolute atomic E-state index is 0.284. The first-order valence-corrected chi connectivity index (χ1v) is 7.86. The Labute approximate surface area is 126 Å². The average Bonchev–Trinajstić information content (AvgIpc) is 2.52. The van der Waals surface area contributed by atoms with Gasteiger partial charge in [-0.3, -0.25) is 0 Å². The number of aromatic carboxylic acids is 1. The van der Waals surface area contributed by atoms with Crippen LogP contribution in [0.25, 0.3) is 0 Å². The highest BCUT2D eigenvalue weighted by Crippen LogP contribution is 2.26. The van der Waals surface area contributed by atoms with Crippen molar-refractivity contribution in [3.05, 3.63) is 29.8 Å². The van der Waals surface area contributed by atoms with Crippen molar-refractivity contribution in [2.24, 2.45) is 5.92 Å². The molecule has 116 valence electrons. The molecule has 2 N–H and O–H groups in total. The predicted octanol–water partition coefficient (Wildman–Crippen LogP) is 3.32. The lowest BCUT2D eigenvalue weighted by atomic mass is 9.84. The van der Waals surface area contributed by atoms with Crippen LogP contribution in [0.2, 0.25) is 0 Å². The SMILES string of the molecule is C[C@@H](NCCOc1ccc(C(=O)O)cc1)C1CCCCC1. The Morgan fingerprint density at radius 3 is 2.57 bits per heavy atom. The first-order chi connectivity index (χ1) is 10.2. The molecule has 0 aliphatic heterocycles. The maximum absolute atomic E-state index is 10.7. The van der Waals surface area contributed by atoms with E-state index in [1.165, 1.54) is 32.1 Å². The summed E-state index contributed by atoms with van der Waals surface area (Å²) in [5, 5.41) is 12.4. The number of ether oxygens (including phenoxy) is 1. The number of hydrogen-bond donors (Lipinski definition) is 2. The maximum Gasteiger partial charge on any atom is 0.335 e. The molecule has 1 aromatic carbocycles. The summed E-state index contributed by atoms with van der Waals surface area (Å²) in [6.07, 6.45) is 6.79. The molecule has 4 nitrogen and oxygen atoms in total. The molecule has 1 saturated carbocycles. The molecule has 2 rings (SSSR count). The molecule has 0 unspecified atom stereocenters. The molecule has 4 heteroatoms. The van der Waals surface area contributed by atoms with Crippen LogP contribution in [0.1, 0.15) is 49.4 Å². The van der Waals surface area contributed by atoms with Crippen LogP contribution >= 0.6 is 0 Å². The third-order valence-electron chi connectivity index (χ3n) is 4.30. The Morgan fingerprint density at radius 2 is 1.95 bits per heavy atom. The maximum atomic E-state index is 10.7. The van der Waals surface area contributed by atoms with Gasteiger partial charge in [-0.2, -0.15) is 0 Å². The highest BCUT2D eigenvalue weighted by Gasteiger charge is 2.19. The number of benzene rings is 1. The second-order valence-corrected chi connectivity index (χ2v) is 5.82. The Bertz CT molecular complexity index is 438. The van der Waals surface area contributed by atoms with Crippen LogP contribution in [0.4, 0.5) is 0 Å². The van der Waals surface area contributed by atoms with Crippen LogP contribution in [-0.2, 0) is 0 Å². The van der Waals surface area contributed by atoms with Crippen molar-refractivity contribution < 1.29 is 14.6 Å². The molecule has 0 radical (unpaired) electrons. The number of hydrogen-bond acceptors (Lipinski definition) is 3. The van der Waals surface area contributed by atoms with E-state index in [9.17, 15) is 4.79 Å². The molecule has 0 amide bonds. The minimum atomic E-state index is -0.912. The second kappa shape index (κ2) is 8.03. The van der Waals surface area contributed by atoms with Gasteiger partial charge in [0.15, 0.2) is 0 Å². The molecule has 21 heavy (non-hydrogen) atoms. The first kappa shape index (κ1) is 15.8. The molecular weight excluding hydrogens is 266 g/mol. The van der Waals surface area contributed by atoms with Crippen LogP contribution < -0.4 is 10.1 Å². The quantitative estimate of drug-likeness (QED) is 0.757. The normalized spacial score (nSPS) is 17.4. The van der Waals surface area contributed by atoms with Crippen molar-refractivity contribution in [3.8, 4) is 5.75 Å². The summed E-state index contributed by atoms with van der Waals surface area (Å²) in [4.78, 5) is 10.7. The van der Waals surface area contributed by atoms with E-state index in [0.29, 0.717) is 18.4 Å². The fourth-order valence-electron chi connectivity index (χ4n) is 2.95. The Balaban J connectivity index is 1.65. The third-order valence-corrected chi connectivity index (χ3v) is 4.30. The summed E-state index contributed by atoms with van der Waals surface area (Å²) >= 11 is 0. The van der Waals surface area contributed by atoms with Crippen molar-refractivity contribution >= 4 is 5.97 Å². The summed E-state index contributed by atoms with van der Waals surface area (Å²) in [5.74, 6) is 0.602. The monoisotopic (exact) mass is 291 g/mol. The fraction of sp³-hybridized carbons (Fsp3) is 0.588. The molecule has 1 fully saturated rings. The van der Waals surface area contributed by atoms with Gasteiger partial charge in [0.05, 0.1) is 5.56 Å². The molecule has 0 bridgehead atoms. The number of nitrogens with one attached hydrogen (secondary N) is 1. The molecule has 0 aromatic heterocycles. The molecule has 0 saturated heterocycles. The zero-order chi connectivity index (χ0) is 15.1. The molecule has 1 aliphatic carbocycles. The van der Waals surface area contributed by atoms with Crippen molar-refractivity contribution in [2.75, 3.05) is 13.2 Å². The fourth-order valence-corrected chi connectivity index (χ4v) is 2.95. The van der Waals surface area contributed by atoms with E-state index in [0.717, 1.165) is 12.5 Å². The summed E-state index contributed by atoms with van der Waals surface area (Å²) < 4.78 is 5.62. The molecule has 0 spiro atoms. The predicted molar refractivity (Wildman–Crippen MR) is 82.9 cm³/mol. The van der Waals surface area contributed by atoms with Gasteiger partial charge in [-0.05, 0) is 49.9 Å². The van der Waals surface area contributed by atoms with E-state index < -0.39 is 5.97 Å². The van der Waals surface area contributed by atoms with E-state index in [2.05, 4.69) is 12.2 Å². The summed E-state index contributed by atoms with van der Waals surface area (Å²) in [5.41, 5.74) is 0.284. The number of carbonyl (C=O) groups is 1. The highest BCUT2D eigenvalue weighted by molar-refractivity contribution is 5.87. The van der Waals surface area contributed by atoms with Crippen molar-refractivity contribution in [2.45, 2.75) is 45.1 Å². The molecular formula is C17H25NO3. The number of rotatable bonds is 7. The van der Waals surface area contributed by atoms with Gasteiger partial charge in [0.1, 0.15) is 12.4 Å². The number of carboxylic acids is 1. The average molecular weight is 291 g/mol. The van der Waals surface area contributed by atoms with E-state index in [-0.39, 0.29) is 5.56 Å².